The fourth-order valence-electron chi connectivity index (χ4n) is 3.20. The van der Waals surface area contributed by atoms with Crippen LogP contribution in [0.1, 0.15) is 37.9 Å². The van der Waals surface area contributed by atoms with Crippen LogP contribution in [0.2, 0.25) is 0 Å². The van der Waals surface area contributed by atoms with Gasteiger partial charge < -0.3 is 14.8 Å². The molecule has 1 saturated heterocycles. The number of carbonyl (C=O) groups excluding carboxylic acids is 1. The number of hydrogen-bond acceptors (Lipinski definition) is 3. The largest absolute Gasteiger partial charge is 0.498 e. The van der Waals surface area contributed by atoms with E-state index in [9.17, 15) is 4.79 Å². The van der Waals surface area contributed by atoms with Gasteiger partial charge in [-0.1, -0.05) is 30.3 Å². The Balaban J connectivity index is 1.60. The highest BCUT2D eigenvalue weighted by Gasteiger charge is 2.30. The van der Waals surface area contributed by atoms with E-state index in [4.69, 9.17) is 9.47 Å². The van der Waals surface area contributed by atoms with Crippen molar-refractivity contribution in [1.82, 2.24) is 5.32 Å². The van der Waals surface area contributed by atoms with Crippen LogP contribution in [0.3, 0.4) is 0 Å². The van der Waals surface area contributed by atoms with Crippen LogP contribution in [0.15, 0.2) is 41.7 Å². The van der Waals surface area contributed by atoms with Crippen molar-refractivity contribution in [2.24, 2.45) is 5.92 Å². The summed E-state index contributed by atoms with van der Waals surface area (Å²) < 4.78 is 11.3. The lowest BCUT2D eigenvalue weighted by molar-refractivity contribution is -0.118. The van der Waals surface area contributed by atoms with E-state index >= 15 is 0 Å². The minimum Gasteiger partial charge on any atom is -0.498 e. The third-order valence-electron chi connectivity index (χ3n) is 4.46. The molecule has 4 nitrogen and oxygen atoms in total. The smallest absolute Gasteiger partial charge is 0.250 e. The molecule has 2 aliphatic heterocycles. The fourth-order valence-corrected chi connectivity index (χ4v) is 3.20. The average Bonchev–Trinajstić information content (AvgIpc) is 3.02. The molecule has 22 heavy (non-hydrogen) atoms. The van der Waals surface area contributed by atoms with Crippen molar-refractivity contribution in [3.63, 3.8) is 0 Å². The van der Waals surface area contributed by atoms with Gasteiger partial charge in [0.05, 0.1) is 18.3 Å². The van der Waals surface area contributed by atoms with E-state index in [0.717, 1.165) is 43.8 Å². The molecule has 0 bridgehead atoms. The second-order valence-electron chi connectivity index (χ2n) is 5.95. The summed E-state index contributed by atoms with van der Waals surface area (Å²) in [6.45, 7) is 3.99. The van der Waals surface area contributed by atoms with Crippen LogP contribution in [-0.2, 0) is 14.3 Å². The van der Waals surface area contributed by atoms with Gasteiger partial charge in [-0.15, -0.1) is 0 Å². The van der Waals surface area contributed by atoms with Crippen molar-refractivity contribution in [3.05, 3.63) is 47.2 Å². The first-order chi connectivity index (χ1) is 10.8. The van der Waals surface area contributed by atoms with Crippen LogP contribution in [0.25, 0.3) is 0 Å². The lowest BCUT2D eigenvalue weighted by Crippen LogP contribution is -2.33. The molecule has 2 atom stereocenters. The zero-order valence-electron chi connectivity index (χ0n) is 13.0. The van der Waals surface area contributed by atoms with Gasteiger partial charge in [0.2, 0.25) is 0 Å². The van der Waals surface area contributed by atoms with Gasteiger partial charge in [-0.05, 0) is 31.7 Å². The van der Waals surface area contributed by atoms with E-state index in [0.29, 0.717) is 12.5 Å². The Morgan fingerprint density at radius 3 is 2.86 bits per heavy atom. The standard InChI is InChI=1S/C18H23NO3/c1-13-16(8-5-10-21-13)18(20)19-12-15-9-11-22-17(15)14-6-3-2-4-7-14/h2-4,6-7,15,17H,5,8-12H2,1H3,(H,19,20)/t15-,17-/m0/s1. The van der Waals surface area contributed by atoms with E-state index in [-0.39, 0.29) is 12.0 Å². The molecule has 0 saturated carbocycles. The number of ether oxygens (including phenoxy) is 2. The molecule has 118 valence electrons. The topological polar surface area (TPSA) is 47.6 Å². The first kappa shape index (κ1) is 15.1. The Hall–Kier alpha value is -1.81. The Bertz CT molecular complexity index is 553. The molecule has 0 unspecified atom stereocenters. The maximum absolute atomic E-state index is 12.3. The van der Waals surface area contributed by atoms with Gasteiger partial charge >= 0.3 is 0 Å². The van der Waals surface area contributed by atoms with Crippen LogP contribution in [0.4, 0.5) is 0 Å². The minimum atomic E-state index is 0.0101. The summed E-state index contributed by atoms with van der Waals surface area (Å²) in [5.74, 6) is 1.11. The monoisotopic (exact) mass is 301 g/mol. The van der Waals surface area contributed by atoms with E-state index in [1.165, 1.54) is 5.56 Å². The zero-order valence-corrected chi connectivity index (χ0v) is 13.0. The number of allylic oxidation sites excluding steroid dienone is 1. The maximum Gasteiger partial charge on any atom is 0.250 e. The summed E-state index contributed by atoms with van der Waals surface area (Å²) in [5, 5.41) is 3.07. The highest BCUT2D eigenvalue weighted by atomic mass is 16.5. The molecule has 0 aliphatic carbocycles. The van der Waals surface area contributed by atoms with Gasteiger partial charge in [0.1, 0.15) is 5.76 Å². The van der Waals surface area contributed by atoms with Crippen LogP contribution in [0, 0.1) is 5.92 Å². The molecule has 0 aromatic heterocycles. The molecule has 0 spiro atoms. The molecule has 2 aliphatic rings. The molecule has 1 aromatic rings. The molecule has 1 fully saturated rings. The van der Waals surface area contributed by atoms with Crippen molar-refractivity contribution < 1.29 is 14.3 Å². The molecule has 4 heteroatoms. The lowest BCUT2D eigenvalue weighted by atomic mass is 9.95. The van der Waals surface area contributed by atoms with Crippen molar-refractivity contribution in [3.8, 4) is 0 Å². The van der Waals surface area contributed by atoms with Crippen LogP contribution >= 0.6 is 0 Å². The van der Waals surface area contributed by atoms with E-state index in [2.05, 4.69) is 17.4 Å². The Morgan fingerprint density at radius 1 is 1.27 bits per heavy atom. The molecule has 1 aromatic carbocycles. The number of rotatable bonds is 4. The Kier molecular flexibility index (Phi) is 4.78. The van der Waals surface area contributed by atoms with Gasteiger partial charge in [-0.25, -0.2) is 0 Å². The second-order valence-corrected chi connectivity index (χ2v) is 5.95. The molecule has 1 amide bonds. The Morgan fingerprint density at radius 2 is 2.09 bits per heavy atom. The quantitative estimate of drug-likeness (QED) is 0.930. The van der Waals surface area contributed by atoms with Crippen LogP contribution < -0.4 is 5.32 Å². The SMILES string of the molecule is CC1=C(C(=O)NC[C@@H]2CCO[C@H]2c2ccccc2)CCCO1. The van der Waals surface area contributed by atoms with Crippen LogP contribution in [0.5, 0.6) is 0 Å². The highest BCUT2D eigenvalue weighted by molar-refractivity contribution is 5.93. The van der Waals surface area contributed by atoms with Crippen molar-refractivity contribution in [1.29, 1.82) is 0 Å². The number of benzene rings is 1. The second kappa shape index (κ2) is 6.97. The first-order valence-corrected chi connectivity index (χ1v) is 8.03. The molecule has 3 rings (SSSR count). The molecular formula is C18H23NO3. The number of amides is 1. The molecule has 2 heterocycles. The van der Waals surface area contributed by atoms with Crippen molar-refractivity contribution in [2.45, 2.75) is 32.3 Å². The summed E-state index contributed by atoms with van der Waals surface area (Å²) in [7, 11) is 0. The van der Waals surface area contributed by atoms with Crippen molar-refractivity contribution >= 4 is 5.91 Å². The highest BCUT2D eigenvalue weighted by Crippen LogP contribution is 2.34. The van der Waals surface area contributed by atoms with E-state index in [1.54, 1.807) is 0 Å². The van der Waals surface area contributed by atoms with E-state index in [1.807, 2.05) is 25.1 Å². The predicted octanol–water partition coefficient (Wildman–Crippen LogP) is 2.96. The van der Waals surface area contributed by atoms with Gasteiger partial charge in [-0.2, -0.15) is 0 Å². The third-order valence-corrected chi connectivity index (χ3v) is 4.46. The van der Waals surface area contributed by atoms with E-state index < -0.39 is 0 Å². The molecule has 1 N–H and O–H groups in total. The number of carbonyl (C=O) groups is 1. The van der Waals surface area contributed by atoms with Gasteiger partial charge in [0.15, 0.2) is 0 Å². The minimum absolute atomic E-state index is 0.0101. The third kappa shape index (κ3) is 3.33. The Labute approximate surface area is 131 Å². The molecule has 0 radical (unpaired) electrons. The predicted molar refractivity (Wildman–Crippen MR) is 84.1 cm³/mol. The average molecular weight is 301 g/mol. The lowest BCUT2D eigenvalue weighted by Gasteiger charge is -2.21. The summed E-state index contributed by atoms with van der Waals surface area (Å²) >= 11 is 0. The molecular weight excluding hydrogens is 278 g/mol. The van der Waals surface area contributed by atoms with Gasteiger partial charge in [0.25, 0.3) is 5.91 Å². The van der Waals surface area contributed by atoms with Gasteiger partial charge in [0, 0.05) is 19.1 Å². The fraction of sp³-hybridized carbons (Fsp3) is 0.500. The summed E-state index contributed by atoms with van der Waals surface area (Å²) in [6, 6.07) is 10.2. The maximum atomic E-state index is 12.3. The normalized spacial score (nSPS) is 25.0. The van der Waals surface area contributed by atoms with Gasteiger partial charge in [-0.3, -0.25) is 4.79 Å². The summed E-state index contributed by atoms with van der Waals surface area (Å²) in [6.07, 6.45) is 2.79. The summed E-state index contributed by atoms with van der Waals surface area (Å²) in [4.78, 5) is 12.3. The number of nitrogens with one attached hydrogen (secondary N) is 1. The van der Waals surface area contributed by atoms with Crippen LogP contribution in [-0.4, -0.2) is 25.7 Å². The summed E-state index contributed by atoms with van der Waals surface area (Å²) in [5.41, 5.74) is 1.98. The zero-order chi connectivity index (χ0) is 15.4. The first-order valence-electron chi connectivity index (χ1n) is 8.03. The number of hydrogen-bond donors (Lipinski definition) is 1. The van der Waals surface area contributed by atoms with Crippen molar-refractivity contribution in [2.75, 3.05) is 19.8 Å².